The van der Waals surface area contributed by atoms with Crippen LogP contribution in [0.1, 0.15) is 17.5 Å². The smallest absolute Gasteiger partial charge is 0.315 e. The van der Waals surface area contributed by atoms with Gasteiger partial charge in [0.05, 0.1) is 6.42 Å². The molecule has 0 fully saturated rings. The van der Waals surface area contributed by atoms with E-state index in [1.54, 1.807) is 42.5 Å². The number of phenols is 2. The topological polar surface area (TPSA) is 76.0 Å². The highest BCUT2D eigenvalue weighted by Crippen LogP contribution is 2.41. The van der Waals surface area contributed by atoms with E-state index in [0.717, 1.165) is 33.0 Å². The van der Waals surface area contributed by atoms with Crippen LogP contribution in [0.25, 0.3) is 28.0 Å². The number of aromatic hydroxyl groups is 2. The van der Waals surface area contributed by atoms with Crippen molar-refractivity contribution in [3.63, 3.8) is 0 Å². The Morgan fingerprint density at radius 1 is 0.763 bits per heavy atom. The molecule has 0 unspecified atom stereocenters. The van der Waals surface area contributed by atoms with E-state index in [1.807, 2.05) is 79.7 Å². The molecule has 0 aliphatic heterocycles. The molecule has 0 aliphatic carbocycles. The second-order valence-corrected chi connectivity index (χ2v) is 8.96. The van der Waals surface area contributed by atoms with Crippen LogP contribution < -0.4 is 9.47 Å². The van der Waals surface area contributed by atoms with Gasteiger partial charge in [0.15, 0.2) is 0 Å². The lowest BCUT2D eigenvalue weighted by Gasteiger charge is -2.15. The number of carbonyl (C=O) groups is 1. The van der Waals surface area contributed by atoms with E-state index in [-0.39, 0.29) is 23.9 Å². The molecule has 0 heterocycles. The Labute approximate surface area is 220 Å². The number of rotatable bonds is 7. The van der Waals surface area contributed by atoms with E-state index in [2.05, 4.69) is 0 Å². The molecule has 5 aromatic carbocycles. The molecule has 5 nitrogen and oxygen atoms in total. The van der Waals surface area contributed by atoms with Crippen LogP contribution in [0.15, 0.2) is 109 Å². The van der Waals surface area contributed by atoms with Crippen molar-refractivity contribution in [1.82, 2.24) is 0 Å². The molecule has 188 valence electrons. The largest absolute Gasteiger partial charge is 0.508 e. The summed E-state index contributed by atoms with van der Waals surface area (Å²) < 4.78 is 11.7. The van der Waals surface area contributed by atoms with Gasteiger partial charge in [-0.1, -0.05) is 60.2 Å². The molecular weight excluding hydrogens is 476 g/mol. The highest BCUT2D eigenvalue weighted by atomic mass is 16.5. The number of esters is 1. The minimum absolute atomic E-state index is 0.158. The lowest BCUT2D eigenvalue weighted by atomic mass is 9.99. The van der Waals surface area contributed by atoms with E-state index in [4.69, 9.17) is 9.47 Å². The summed E-state index contributed by atoms with van der Waals surface area (Å²) in [5, 5.41) is 21.4. The van der Waals surface area contributed by atoms with Gasteiger partial charge in [-0.2, -0.15) is 0 Å². The number of carbonyl (C=O) groups excluding carboxylic acids is 1. The highest BCUT2D eigenvalue weighted by Gasteiger charge is 2.13. The first-order valence-corrected chi connectivity index (χ1v) is 12.2. The van der Waals surface area contributed by atoms with Crippen LogP contribution in [0.2, 0.25) is 0 Å². The van der Waals surface area contributed by atoms with Gasteiger partial charge in [-0.25, -0.2) is 0 Å². The van der Waals surface area contributed by atoms with Gasteiger partial charge in [-0.3, -0.25) is 4.79 Å². The van der Waals surface area contributed by atoms with Crippen LogP contribution in [0.5, 0.6) is 28.7 Å². The van der Waals surface area contributed by atoms with Crippen molar-refractivity contribution in [1.29, 1.82) is 0 Å². The monoisotopic (exact) mass is 502 g/mol. The SMILES string of the molecule is Cc1ccc(OC(=O)CC=Cc2ccc(Oc3c(-c4ccc(O)cc4)ccc4cc(O)ccc34)cc2)cc1. The van der Waals surface area contributed by atoms with Gasteiger partial charge < -0.3 is 19.7 Å². The van der Waals surface area contributed by atoms with Gasteiger partial charge in [0.1, 0.15) is 28.7 Å². The minimum Gasteiger partial charge on any atom is -0.508 e. The van der Waals surface area contributed by atoms with Gasteiger partial charge in [-0.05, 0) is 84.1 Å². The lowest BCUT2D eigenvalue weighted by Crippen LogP contribution is -2.05. The maximum atomic E-state index is 12.1. The molecule has 0 saturated carbocycles. The number of hydrogen-bond donors (Lipinski definition) is 2. The van der Waals surface area contributed by atoms with Crippen molar-refractivity contribution < 1.29 is 24.5 Å². The standard InChI is InChI=1S/C33H26O5/c1-22-5-15-28(16-6-22)37-32(36)4-2-3-23-7-17-29(18-8-23)38-33-30(24-9-12-26(34)13-10-24)19-11-25-21-27(35)14-20-31(25)33/h2-3,5-21,34-35H,4H2,1H3. The first-order chi connectivity index (χ1) is 18.4. The molecule has 0 spiro atoms. The molecule has 0 aromatic heterocycles. The number of hydrogen-bond acceptors (Lipinski definition) is 5. The van der Waals surface area contributed by atoms with E-state index in [1.165, 1.54) is 0 Å². The predicted molar refractivity (Wildman–Crippen MR) is 150 cm³/mol. The molecule has 5 heteroatoms. The van der Waals surface area contributed by atoms with Gasteiger partial charge in [-0.15, -0.1) is 0 Å². The third kappa shape index (κ3) is 5.85. The van der Waals surface area contributed by atoms with E-state index in [9.17, 15) is 15.0 Å². The fourth-order valence-electron chi connectivity index (χ4n) is 4.10. The first kappa shape index (κ1) is 24.7. The first-order valence-electron chi connectivity index (χ1n) is 12.2. The summed E-state index contributed by atoms with van der Waals surface area (Å²) in [5.74, 6) is 1.87. The summed E-state index contributed by atoms with van der Waals surface area (Å²) in [6.45, 7) is 1.98. The van der Waals surface area contributed by atoms with Gasteiger partial charge >= 0.3 is 5.97 Å². The van der Waals surface area contributed by atoms with Crippen molar-refractivity contribution in [3.8, 4) is 39.9 Å². The Morgan fingerprint density at radius 3 is 2.18 bits per heavy atom. The molecule has 0 radical (unpaired) electrons. The van der Waals surface area contributed by atoms with Crippen molar-refractivity contribution in [2.24, 2.45) is 0 Å². The summed E-state index contributed by atoms with van der Waals surface area (Å²) in [5.41, 5.74) is 3.78. The number of ether oxygens (including phenoxy) is 2. The van der Waals surface area contributed by atoms with Crippen LogP contribution in [0.3, 0.4) is 0 Å². The molecule has 2 N–H and O–H groups in total. The second-order valence-electron chi connectivity index (χ2n) is 8.96. The summed E-state index contributed by atoms with van der Waals surface area (Å²) in [7, 11) is 0. The molecule has 38 heavy (non-hydrogen) atoms. The highest BCUT2D eigenvalue weighted by molar-refractivity contribution is 5.96. The number of benzene rings is 5. The molecule has 5 rings (SSSR count). The molecule has 5 aromatic rings. The molecule has 0 aliphatic rings. The minimum atomic E-state index is -0.325. The number of aryl methyl sites for hydroxylation is 1. The van der Waals surface area contributed by atoms with Crippen LogP contribution in [-0.2, 0) is 4.79 Å². The van der Waals surface area contributed by atoms with Crippen molar-refractivity contribution in [2.45, 2.75) is 13.3 Å². The normalized spacial score (nSPS) is 11.1. The maximum Gasteiger partial charge on any atom is 0.315 e. The van der Waals surface area contributed by atoms with Crippen LogP contribution in [0, 0.1) is 6.92 Å². The Balaban J connectivity index is 1.33. The van der Waals surface area contributed by atoms with Gasteiger partial charge in [0.25, 0.3) is 0 Å². The quantitative estimate of drug-likeness (QED) is 0.174. The predicted octanol–water partition coefficient (Wildman–Crippen LogP) is 8.03. The van der Waals surface area contributed by atoms with Gasteiger partial charge in [0, 0.05) is 10.9 Å². The van der Waals surface area contributed by atoms with Crippen molar-refractivity contribution in [2.75, 3.05) is 0 Å². The summed E-state index contributed by atoms with van der Waals surface area (Å²) in [6.07, 6.45) is 3.79. The Bertz CT molecular complexity index is 1600. The molecule has 0 amide bonds. The number of phenolic OH excluding ortho intramolecular Hbond substituents is 2. The molecule has 0 atom stereocenters. The second kappa shape index (κ2) is 10.9. The zero-order valence-corrected chi connectivity index (χ0v) is 20.8. The van der Waals surface area contributed by atoms with Crippen molar-refractivity contribution >= 4 is 22.8 Å². The zero-order chi connectivity index (χ0) is 26.5. The average Bonchev–Trinajstić information content (AvgIpc) is 2.91. The Hall–Kier alpha value is -5.03. The zero-order valence-electron chi connectivity index (χ0n) is 20.8. The summed E-state index contributed by atoms with van der Waals surface area (Å²) >= 11 is 0. The summed E-state index contributed by atoms with van der Waals surface area (Å²) in [6, 6.07) is 30.9. The summed E-state index contributed by atoms with van der Waals surface area (Å²) in [4.78, 5) is 12.1. The van der Waals surface area contributed by atoms with E-state index in [0.29, 0.717) is 17.2 Å². The Morgan fingerprint density at radius 2 is 1.45 bits per heavy atom. The van der Waals surface area contributed by atoms with Gasteiger partial charge in [0.2, 0.25) is 0 Å². The van der Waals surface area contributed by atoms with Crippen LogP contribution >= 0.6 is 0 Å². The third-order valence-corrected chi connectivity index (χ3v) is 6.08. The number of fused-ring (bicyclic) bond motifs is 1. The molecular formula is C33H26O5. The lowest BCUT2D eigenvalue weighted by molar-refractivity contribution is -0.133. The maximum absolute atomic E-state index is 12.1. The average molecular weight is 503 g/mol. The molecule has 0 saturated heterocycles. The Kier molecular flexibility index (Phi) is 7.09. The fraction of sp³-hybridized carbons (Fsp3) is 0.0606. The van der Waals surface area contributed by atoms with Crippen LogP contribution in [0.4, 0.5) is 0 Å². The molecule has 0 bridgehead atoms. The van der Waals surface area contributed by atoms with Crippen LogP contribution in [-0.4, -0.2) is 16.2 Å². The van der Waals surface area contributed by atoms with E-state index < -0.39 is 0 Å². The van der Waals surface area contributed by atoms with Crippen molar-refractivity contribution in [3.05, 3.63) is 120 Å². The fourth-order valence-corrected chi connectivity index (χ4v) is 4.10. The van der Waals surface area contributed by atoms with E-state index >= 15 is 0 Å². The third-order valence-electron chi connectivity index (χ3n) is 6.08.